The number of carboxylic acid groups (broad SMARTS) is 1. The van der Waals surface area contributed by atoms with E-state index < -0.39 is 12.3 Å². The highest BCUT2D eigenvalue weighted by atomic mass is 32.2. The zero-order chi connectivity index (χ0) is 24.8. The van der Waals surface area contributed by atoms with Gasteiger partial charge in [0.05, 0.1) is 11.5 Å². The number of esters is 3. The summed E-state index contributed by atoms with van der Waals surface area (Å²) in [7, 11) is 0. The van der Waals surface area contributed by atoms with Crippen molar-refractivity contribution in [2.24, 2.45) is 0 Å². The summed E-state index contributed by atoms with van der Waals surface area (Å²) in [6, 6.07) is 0. The Bertz CT molecular complexity index is 525. The second kappa shape index (κ2) is 22.7. The van der Waals surface area contributed by atoms with Crippen LogP contribution in [0.25, 0.3) is 0 Å². The molecule has 0 saturated carbocycles. The Balaban J connectivity index is 0. The molecule has 12 heteroatoms. The predicted octanol–water partition coefficient (Wildman–Crippen LogP) is 2.68. The fraction of sp³-hybridized carbons (Fsp3) is 0.800. The molecule has 1 aliphatic heterocycles. The molecule has 0 amide bonds. The summed E-state index contributed by atoms with van der Waals surface area (Å²) in [5.74, 6) is -1.27. The van der Waals surface area contributed by atoms with Crippen LogP contribution in [0.3, 0.4) is 0 Å². The fourth-order valence-corrected chi connectivity index (χ4v) is 2.58. The molecule has 1 atom stereocenters. The van der Waals surface area contributed by atoms with Crippen LogP contribution in [0.2, 0.25) is 0 Å². The molecular weight excluding hydrogens is 464 g/mol. The summed E-state index contributed by atoms with van der Waals surface area (Å²) in [5, 5.41) is 7.65. The van der Waals surface area contributed by atoms with Gasteiger partial charge >= 0.3 is 23.9 Å². The van der Waals surface area contributed by atoms with Gasteiger partial charge in [0.1, 0.15) is 13.2 Å². The Morgan fingerprint density at radius 1 is 1.06 bits per heavy atom. The number of carbonyl (C=O) groups is 4. The molecule has 0 aliphatic carbocycles. The molecule has 188 valence electrons. The third-order valence-corrected chi connectivity index (χ3v) is 4.44. The molecule has 0 aromatic carbocycles. The maximum absolute atomic E-state index is 11.0. The van der Waals surface area contributed by atoms with Crippen LogP contribution in [0, 0.1) is 0 Å². The van der Waals surface area contributed by atoms with Crippen molar-refractivity contribution in [2.75, 3.05) is 37.9 Å². The zero-order valence-electron chi connectivity index (χ0n) is 19.2. The van der Waals surface area contributed by atoms with E-state index in [1.165, 1.54) is 11.8 Å². The van der Waals surface area contributed by atoms with Crippen LogP contribution in [-0.2, 0) is 42.9 Å². The minimum atomic E-state index is -0.881. The second-order valence-electron chi connectivity index (χ2n) is 5.99. The molecule has 0 radical (unpaired) electrons. The highest BCUT2D eigenvalue weighted by Gasteiger charge is 2.24. The molecule has 1 unspecified atom stereocenters. The van der Waals surface area contributed by atoms with Gasteiger partial charge in [0, 0.05) is 26.1 Å². The monoisotopic (exact) mass is 500 g/mol. The molecule has 1 saturated heterocycles. The number of hydrogen-bond donors (Lipinski definition) is 2. The summed E-state index contributed by atoms with van der Waals surface area (Å²) < 4.78 is 25.1. The van der Waals surface area contributed by atoms with Gasteiger partial charge in [0.2, 0.25) is 0 Å². The highest BCUT2D eigenvalue weighted by Crippen LogP contribution is 2.20. The van der Waals surface area contributed by atoms with E-state index >= 15 is 0 Å². The molecule has 1 heterocycles. The molecule has 10 nitrogen and oxygen atoms in total. The van der Waals surface area contributed by atoms with E-state index in [0.29, 0.717) is 31.8 Å². The van der Waals surface area contributed by atoms with Crippen molar-refractivity contribution < 1.29 is 48.0 Å². The lowest BCUT2D eigenvalue weighted by molar-refractivity contribution is -0.179. The first kappa shape index (κ1) is 32.7. The number of carboxylic acids is 1. The summed E-state index contributed by atoms with van der Waals surface area (Å²) in [5.41, 5.74) is -0.298. The van der Waals surface area contributed by atoms with Gasteiger partial charge in [-0.25, -0.2) is 0 Å². The van der Waals surface area contributed by atoms with Crippen molar-refractivity contribution in [1.82, 2.24) is 0 Å². The molecular formula is C20H36O10S2. The number of thiol groups is 1. The number of rotatable bonds is 13. The SMILES string of the molecule is CCCC(=O)OCC(OCC)OCC.CCCC(=O)OCC1OC(=O)CS1.O=C(O)CS. The van der Waals surface area contributed by atoms with Gasteiger partial charge in [-0.05, 0) is 26.7 Å². The number of cyclic esters (lactones) is 1. The first-order chi connectivity index (χ1) is 15.2. The van der Waals surface area contributed by atoms with Crippen LogP contribution in [0.4, 0.5) is 0 Å². The van der Waals surface area contributed by atoms with E-state index in [0.717, 1.165) is 12.8 Å². The lowest BCUT2D eigenvalue weighted by Gasteiger charge is -2.16. The van der Waals surface area contributed by atoms with Crippen LogP contribution in [-0.4, -0.2) is 78.6 Å². The van der Waals surface area contributed by atoms with Crippen LogP contribution >= 0.6 is 24.4 Å². The van der Waals surface area contributed by atoms with Gasteiger partial charge in [-0.15, -0.1) is 11.8 Å². The second-order valence-corrected chi connectivity index (χ2v) is 7.45. The molecule has 1 aliphatic rings. The molecule has 32 heavy (non-hydrogen) atoms. The quantitative estimate of drug-likeness (QED) is 0.167. The van der Waals surface area contributed by atoms with Gasteiger partial charge in [-0.1, -0.05) is 13.8 Å². The summed E-state index contributed by atoms with van der Waals surface area (Å²) in [4.78, 5) is 41.9. The molecule has 0 aromatic rings. The van der Waals surface area contributed by atoms with E-state index in [1.807, 2.05) is 27.7 Å². The number of hydrogen-bond acceptors (Lipinski definition) is 11. The predicted molar refractivity (Wildman–Crippen MR) is 123 cm³/mol. The van der Waals surface area contributed by atoms with Crippen molar-refractivity contribution in [3.8, 4) is 0 Å². The number of carbonyl (C=O) groups excluding carboxylic acids is 3. The first-order valence-corrected chi connectivity index (χ1v) is 12.1. The average Bonchev–Trinajstić information content (AvgIpc) is 3.17. The van der Waals surface area contributed by atoms with E-state index in [2.05, 4.69) is 12.6 Å². The van der Waals surface area contributed by atoms with Crippen molar-refractivity contribution >= 4 is 48.3 Å². The minimum Gasteiger partial charge on any atom is -0.481 e. The molecule has 1 N–H and O–H groups in total. The third kappa shape index (κ3) is 21.7. The Labute approximate surface area is 199 Å². The largest absolute Gasteiger partial charge is 0.481 e. The zero-order valence-corrected chi connectivity index (χ0v) is 20.9. The maximum Gasteiger partial charge on any atom is 0.317 e. The minimum absolute atomic E-state index is 0.0833. The van der Waals surface area contributed by atoms with E-state index in [-0.39, 0.29) is 42.3 Å². The van der Waals surface area contributed by atoms with Crippen molar-refractivity contribution in [1.29, 1.82) is 0 Å². The Morgan fingerprint density at radius 3 is 1.94 bits per heavy atom. The molecule has 1 rings (SSSR count). The standard InChI is InChI=1S/C10H20O4.C8H12O4S.C2H4O2S/c1-4-7-9(11)14-8-10(12-5-2)13-6-3;1-2-3-6(9)11-4-8-12-7(10)5-13-8;3-2(4)1-5/h10H,4-8H2,1-3H3;8H,2-5H2,1H3;5H,1H2,(H,3,4). The molecule has 0 bridgehead atoms. The van der Waals surface area contributed by atoms with E-state index in [1.54, 1.807) is 0 Å². The number of aliphatic carboxylic acids is 1. The number of thioether (sulfide) groups is 1. The van der Waals surface area contributed by atoms with Crippen molar-refractivity contribution in [3.63, 3.8) is 0 Å². The fourth-order valence-electron chi connectivity index (χ4n) is 1.85. The average molecular weight is 501 g/mol. The maximum atomic E-state index is 11.0. The molecule has 1 fully saturated rings. The van der Waals surface area contributed by atoms with Gasteiger partial charge in [-0.2, -0.15) is 12.6 Å². The summed E-state index contributed by atoms with van der Waals surface area (Å²) >= 11 is 4.78. The normalized spacial score (nSPS) is 14.4. The summed E-state index contributed by atoms with van der Waals surface area (Å²) in [6.45, 7) is 9.05. The van der Waals surface area contributed by atoms with Crippen molar-refractivity contribution in [3.05, 3.63) is 0 Å². The number of ether oxygens (including phenoxy) is 5. The van der Waals surface area contributed by atoms with Gasteiger partial charge in [0.25, 0.3) is 0 Å². The lowest BCUT2D eigenvalue weighted by Crippen LogP contribution is -2.25. The van der Waals surface area contributed by atoms with Crippen molar-refractivity contribution in [2.45, 2.75) is 65.1 Å². The smallest absolute Gasteiger partial charge is 0.317 e. The van der Waals surface area contributed by atoms with Crippen LogP contribution in [0.5, 0.6) is 0 Å². The van der Waals surface area contributed by atoms with Crippen LogP contribution in [0.1, 0.15) is 53.4 Å². The van der Waals surface area contributed by atoms with E-state index in [4.69, 9.17) is 28.8 Å². The van der Waals surface area contributed by atoms with Crippen LogP contribution in [0.15, 0.2) is 0 Å². The van der Waals surface area contributed by atoms with Gasteiger partial charge in [0.15, 0.2) is 11.7 Å². The van der Waals surface area contributed by atoms with Gasteiger partial charge in [-0.3, -0.25) is 19.2 Å². The summed E-state index contributed by atoms with van der Waals surface area (Å²) in [6.07, 6.45) is 2.02. The van der Waals surface area contributed by atoms with E-state index in [9.17, 15) is 19.2 Å². The lowest BCUT2D eigenvalue weighted by atomic mass is 10.3. The highest BCUT2D eigenvalue weighted by molar-refractivity contribution is 8.00. The first-order valence-electron chi connectivity index (χ1n) is 10.4. The Hall–Kier alpha value is -1.50. The topological polar surface area (TPSA) is 135 Å². The van der Waals surface area contributed by atoms with Crippen LogP contribution < -0.4 is 0 Å². The Kier molecular flexibility index (Phi) is 23.2. The molecule has 0 aromatic heterocycles. The molecule has 0 spiro atoms. The van der Waals surface area contributed by atoms with Gasteiger partial charge < -0.3 is 28.8 Å². The third-order valence-electron chi connectivity index (χ3n) is 3.16. The Morgan fingerprint density at radius 2 is 1.56 bits per heavy atom.